The number of fused-ring (bicyclic) bond motifs is 1. The number of hydrogen-bond donors (Lipinski definition) is 0. The van der Waals surface area contributed by atoms with Crippen molar-refractivity contribution in [1.82, 2.24) is 14.5 Å². The predicted octanol–water partition coefficient (Wildman–Crippen LogP) is 3.13. The molecule has 0 atom stereocenters. The molecule has 0 spiro atoms. The molecule has 3 aromatic rings. The largest absolute Gasteiger partial charge is 0.295 e. The van der Waals surface area contributed by atoms with Crippen molar-refractivity contribution >= 4 is 22.8 Å². The van der Waals surface area contributed by atoms with Crippen LogP contribution in [0.5, 0.6) is 0 Å². The van der Waals surface area contributed by atoms with Gasteiger partial charge in [-0.1, -0.05) is 30.3 Å². The lowest BCUT2D eigenvalue weighted by Gasteiger charge is -2.04. The number of halogens is 1. The van der Waals surface area contributed by atoms with Gasteiger partial charge in [-0.15, -0.1) is 0 Å². The van der Waals surface area contributed by atoms with Gasteiger partial charge in [-0.3, -0.25) is 4.57 Å². The van der Waals surface area contributed by atoms with Crippen LogP contribution in [0.1, 0.15) is 5.56 Å². The molecule has 84 valence electrons. The Morgan fingerprint density at radius 3 is 2.71 bits per heavy atom. The Morgan fingerprint density at radius 2 is 1.88 bits per heavy atom. The Hall–Kier alpha value is -1.87. The average Bonchev–Trinajstić information content (AvgIpc) is 2.68. The molecule has 0 unspecified atom stereocenters. The number of pyridine rings is 1. The van der Waals surface area contributed by atoms with E-state index >= 15 is 0 Å². The summed E-state index contributed by atoms with van der Waals surface area (Å²) >= 11 is 6.13. The standard InChI is InChI=1S/C13H10ClN3/c14-13-16-11-7-4-8-15-12(11)17(13)9-10-5-2-1-3-6-10/h1-8H,9H2. The van der Waals surface area contributed by atoms with E-state index in [1.165, 1.54) is 5.56 Å². The van der Waals surface area contributed by atoms with E-state index in [0.717, 1.165) is 11.2 Å². The molecule has 2 heterocycles. The van der Waals surface area contributed by atoms with Crippen LogP contribution >= 0.6 is 11.6 Å². The predicted molar refractivity (Wildman–Crippen MR) is 68.1 cm³/mol. The molecule has 0 fully saturated rings. The zero-order valence-electron chi connectivity index (χ0n) is 9.05. The Bertz CT molecular complexity index is 646. The van der Waals surface area contributed by atoms with Gasteiger partial charge in [0.2, 0.25) is 5.28 Å². The minimum absolute atomic E-state index is 0.475. The van der Waals surface area contributed by atoms with Crippen molar-refractivity contribution in [2.45, 2.75) is 6.54 Å². The molecule has 17 heavy (non-hydrogen) atoms. The van der Waals surface area contributed by atoms with E-state index in [9.17, 15) is 0 Å². The van der Waals surface area contributed by atoms with Crippen LogP contribution in [-0.4, -0.2) is 14.5 Å². The normalized spacial score (nSPS) is 10.9. The minimum Gasteiger partial charge on any atom is -0.295 e. The second kappa shape index (κ2) is 4.18. The first-order valence-electron chi connectivity index (χ1n) is 5.35. The third-order valence-corrected chi connectivity index (χ3v) is 2.93. The maximum atomic E-state index is 6.13. The van der Waals surface area contributed by atoms with Gasteiger partial charge in [0.1, 0.15) is 5.52 Å². The quantitative estimate of drug-likeness (QED) is 0.692. The van der Waals surface area contributed by atoms with Crippen molar-refractivity contribution in [3.8, 4) is 0 Å². The molecule has 0 N–H and O–H groups in total. The third kappa shape index (κ3) is 1.89. The average molecular weight is 244 g/mol. The van der Waals surface area contributed by atoms with E-state index in [0.29, 0.717) is 11.8 Å². The molecule has 0 radical (unpaired) electrons. The first kappa shape index (κ1) is 10.3. The summed E-state index contributed by atoms with van der Waals surface area (Å²) < 4.78 is 1.91. The van der Waals surface area contributed by atoms with E-state index in [-0.39, 0.29) is 0 Å². The summed E-state index contributed by atoms with van der Waals surface area (Å²) in [6.45, 7) is 0.688. The summed E-state index contributed by atoms with van der Waals surface area (Å²) in [5.41, 5.74) is 2.83. The van der Waals surface area contributed by atoms with E-state index in [4.69, 9.17) is 11.6 Å². The number of rotatable bonds is 2. The minimum atomic E-state index is 0.475. The fraction of sp³-hybridized carbons (Fsp3) is 0.0769. The SMILES string of the molecule is Clc1nc2cccnc2n1Cc1ccccc1. The molecule has 0 bridgehead atoms. The molecule has 0 aliphatic heterocycles. The van der Waals surface area contributed by atoms with Crippen LogP contribution in [0.3, 0.4) is 0 Å². The molecular formula is C13H10ClN3. The molecule has 0 amide bonds. The highest BCUT2D eigenvalue weighted by atomic mass is 35.5. The van der Waals surface area contributed by atoms with E-state index < -0.39 is 0 Å². The molecule has 4 heteroatoms. The van der Waals surface area contributed by atoms with Crippen LogP contribution in [-0.2, 0) is 6.54 Å². The van der Waals surface area contributed by atoms with E-state index in [2.05, 4.69) is 22.1 Å². The third-order valence-electron chi connectivity index (χ3n) is 2.64. The number of nitrogens with zero attached hydrogens (tertiary/aromatic N) is 3. The van der Waals surface area contributed by atoms with Gasteiger partial charge in [0.05, 0.1) is 6.54 Å². The number of aromatic nitrogens is 3. The number of benzene rings is 1. The van der Waals surface area contributed by atoms with Crippen molar-refractivity contribution in [2.75, 3.05) is 0 Å². The summed E-state index contributed by atoms with van der Waals surface area (Å²) in [4.78, 5) is 8.59. The summed E-state index contributed by atoms with van der Waals surface area (Å²) in [5, 5.41) is 0.475. The van der Waals surface area contributed by atoms with Gasteiger partial charge < -0.3 is 0 Å². The van der Waals surface area contributed by atoms with E-state index in [1.54, 1.807) is 6.20 Å². The molecule has 0 saturated carbocycles. The van der Waals surface area contributed by atoms with Gasteiger partial charge >= 0.3 is 0 Å². The Kier molecular flexibility index (Phi) is 2.53. The summed E-state index contributed by atoms with van der Waals surface area (Å²) in [6, 6.07) is 13.9. The van der Waals surface area contributed by atoms with Crippen LogP contribution < -0.4 is 0 Å². The first-order valence-corrected chi connectivity index (χ1v) is 5.73. The highest BCUT2D eigenvalue weighted by molar-refractivity contribution is 6.29. The molecule has 0 aliphatic carbocycles. The first-order chi connectivity index (χ1) is 8.34. The van der Waals surface area contributed by atoms with Crippen molar-refractivity contribution < 1.29 is 0 Å². The van der Waals surface area contributed by atoms with Crippen molar-refractivity contribution in [2.24, 2.45) is 0 Å². The fourth-order valence-electron chi connectivity index (χ4n) is 1.84. The van der Waals surface area contributed by atoms with Crippen molar-refractivity contribution in [3.05, 3.63) is 59.5 Å². The highest BCUT2D eigenvalue weighted by Crippen LogP contribution is 2.18. The topological polar surface area (TPSA) is 30.7 Å². The van der Waals surface area contributed by atoms with Crippen molar-refractivity contribution in [1.29, 1.82) is 0 Å². The van der Waals surface area contributed by atoms with Gasteiger partial charge in [-0.25, -0.2) is 9.97 Å². The lowest BCUT2D eigenvalue weighted by Crippen LogP contribution is -2.00. The Morgan fingerprint density at radius 1 is 1.06 bits per heavy atom. The number of hydrogen-bond acceptors (Lipinski definition) is 2. The zero-order valence-corrected chi connectivity index (χ0v) is 9.80. The van der Waals surface area contributed by atoms with Gasteiger partial charge in [-0.05, 0) is 29.3 Å². The maximum absolute atomic E-state index is 6.13. The maximum Gasteiger partial charge on any atom is 0.205 e. The van der Waals surface area contributed by atoms with Crippen LogP contribution in [0, 0.1) is 0 Å². The summed E-state index contributed by atoms with van der Waals surface area (Å²) in [6.07, 6.45) is 1.75. The van der Waals surface area contributed by atoms with Crippen molar-refractivity contribution in [3.63, 3.8) is 0 Å². The van der Waals surface area contributed by atoms with Gasteiger partial charge in [0.25, 0.3) is 0 Å². The molecule has 3 rings (SSSR count). The van der Waals surface area contributed by atoms with E-state index in [1.807, 2.05) is 34.9 Å². The molecule has 1 aromatic carbocycles. The highest BCUT2D eigenvalue weighted by Gasteiger charge is 2.09. The lowest BCUT2D eigenvalue weighted by molar-refractivity contribution is 0.815. The molecular weight excluding hydrogens is 234 g/mol. The van der Waals surface area contributed by atoms with Gasteiger partial charge in [0, 0.05) is 6.20 Å². The molecule has 0 aliphatic rings. The van der Waals surface area contributed by atoms with Gasteiger partial charge in [0.15, 0.2) is 5.65 Å². The Labute approximate surface area is 104 Å². The smallest absolute Gasteiger partial charge is 0.205 e. The van der Waals surface area contributed by atoms with Crippen LogP contribution in [0.15, 0.2) is 48.7 Å². The molecule has 2 aromatic heterocycles. The van der Waals surface area contributed by atoms with Crippen LogP contribution in [0.4, 0.5) is 0 Å². The monoisotopic (exact) mass is 243 g/mol. The Balaban J connectivity index is 2.08. The van der Waals surface area contributed by atoms with Crippen LogP contribution in [0.2, 0.25) is 5.28 Å². The lowest BCUT2D eigenvalue weighted by atomic mass is 10.2. The summed E-state index contributed by atoms with van der Waals surface area (Å²) in [7, 11) is 0. The molecule has 3 nitrogen and oxygen atoms in total. The summed E-state index contributed by atoms with van der Waals surface area (Å²) in [5.74, 6) is 0. The second-order valence-electron chi connectivity index (χ2n) is 3.80. The van der Waals surface area contributed by atoms with Crippen LogP contribution in [0.25, 0.3) is 11.2 Å². The molecule has 0 saturated heterocycles. The second-order valence-corrected chi connectivity index (χ2v) is 4.14. The zero-order chi connectivity index (χ0) is 11.7. The fourth-order valence-corrected chi connectivity index (χ4v) is 2.07. The number of imidazole rings is 1. The van der Waals surface area contributed by atoms with Gasteiger partial charge in [-0.2, -0.15) is 0 Å².